The summed E-state index contributed by atoms with van der Waals surface area (Å²) in [6.45, 7) is 12.5. The number of primary amides is 1. The average Bonchev–Trinajstić information content (AvgIpc) is 2.59. The summed E-state index contributed by atoms with van der Waals surface area (Å²) in [6.07, 6.45) is 0.466. The number of rotatable bonds is 8. The van der Waals surface area contributed by atoms with Crippen LogP contribution in [0.5, 0.6) is 0 Å². The lowest BCUT2D eigenvalue weighted by atomic mass is 9.75. The van der Waals surface area contributed by atoms with E-state index in [0.29, 0.717) is 18.3 Å². The van der Waals surface area contributed by atoms with Crippen LogP contribution in [0.2, 0.25) is 0 Å². The second-order valence-corrected chi connectivity index (χ2v) is 9.65. The highest BCUT2D eigenvalue weighted by Gasteiger charge is 2.51. The predicted molar refractivity (Wildman–Crippen MR) is 114 cm³/mol. The molecule has 0 spiro atoms. The first kappa shape index (κ1) is 26.7. The SMILES string of the molecule is CCOC(=O)C(CC(=O)OC1CC(C)CCC1C(C)C)(NC(=O)OC(C)(C)C)C(N)=O. The summed E-state index contributed by atoms with van der Waals surface area (Å²) in [4.78, 5) is 50.2. The summed E-state index contributed by atoms with van der Waals surface area (Å²) >= 11 is 0. The molecule has 31 heavy (non-hydrogen) atoms. The zero-order chi connectivity index (χ0) is 24.0. The molecule has 3 N–H and O–H groups in total. The molecule has 0 heterocycles. The minimum atomic E-state index is -2.43. The van der Waals surface area contributed by atoms with Gasteiger partial charge in [-0.2, -0.15) is 0 Å². The van der Waals surface area contributed by atoms with Gasteiger partial charge in [0.15, 0.2) is 0 Å². The third kappa shape index (κ3) is 7.70. The lowest BCUT2D eigenvalue weighted by molar-refractivity contribution is -0.166. The lowest BCUT2D eigenvalue weighted by Gasteiger charge is -2.37. The zero-order valence-electron chi connectivity index (χ0n) is 19.8. The molecule has 4 atom stereocenters. The van der Waals surface area contributed by atoms with Crippen LogP contribution >= 0.6 is 0 Å². The van der Waals surface area contributed by atoms with Gasteiger partial charge in [0, 0.05) is 0 Å². The Kier molecular flexibility index (Phi) is 9.32. The van der Waals surface area contributed by atoms with Crippen LogP contribution in [0.1, 0.15) is 74.1 Å². The van der Waals surface area contributed by atoms with Crippen molar-refractivity contribution in [3.8, 4) is 0 Å². The van der Waals surface area contributed by atoms with Crippen molar-refractivity contribution < 1.29 is 33.4 Å². The second kappa shape index (κ2) is 10.8. The minimum absolute atomic E-state index is 0.0749. The summed E-state index contributed by atoms with van der Waals surface area (Å²) in [5.74, 6) is -2.32. The molecule has 1 fully saturated rings. The van der Waals surface area contributed by atoms with Gasteiger partial charge >= 0.3 is 18.0 Å². The number of ether oxygens (including phenoxy) is 3. The number of nitrogens with one attached hydrogen (secondary N) is 1. The van der Waals surface area contributed by atoms with E-state index in [1.54, 1.807) is 20.8 Å². The third-order valence-electron chi connectivity index (χ3n) is 5.41. The Balaban J connectivity index is 3.12. The van der Waals surface area contributed by atoms with Crippen molar-refractivity contribution in [2.45, 2.75) is 91.4 Å². The van der Waals surface area contributed by atoms with Crippen LogP contribution < -0.4 is 11.1 Å². The highest BCUT2D eigenvalue weighted by atomic mass is 16.6. The Morgan fingerprint density at radius 3 is 2.23 bits per heavy atom. The van der Waals surface area contributed by atoms with Gasteiger partial charge in [-0.1, -0.05) is 27.2 Å². The number of hydrogen-bond donors (Lipinski definition) is 2. The molecule has 1 aliphatic rings. The average molecular weight is 443 g/mol. The van der Waals surface area contributed by atoms with Crippen molar-refractivity contribution in [3.63, 3.8) is 0 Å². The van der Waals surface area contributed by atoms with Crippen LogP contribution in [0, 0.1) is 17.8 Å². The van der Waals surface area contributed by atoms with Gasteiger partial charge in [-0.3, -0.25) is 14.9 Å². The fourth-order valence-corrected chi connectivity index (χ4v) is 3.83. The third-order valence-corrected chi connectivity index (χ3v) is 5.41. The minimum Gasteiger partial charge on any atom is -0.464 e. The van der Waals surface area contributed by atoms with E-state index in [1.807, 2.05) is 0 Å². The Morgan fingerprint density at radius 2 is 1.74 bits per heavy atom. The molecule has 178 valence electrons. The van der Waals surface area contributed by atoms with Crippen molar-refractivity contribution in [2.75, 3.05) is 6.61 Å². The number of alkyl carbamates (subject to hydrolysis) is 1. The van der Waals surface area contributed by atoms with E-state index in [4.69, 9.17) is 19.9 Å². The molecule has 4 unspecified atom stereocenters. The van der Waals surface area contributed by atoms with Gasteiger partial charge in [-0.05, 0) is 58.3 Å². The normalized spacial score (nSPS) is 23.4. The summed E-state index contributed by atoms with van der Waals surface area (Å²) in [7, 11) is 0. The maximum atomic E-state index is 12.9. The predicted octanol–water partition coefficient (Wildman–Crippen LogP) is 2.69. The van der Waals surface area contributed by atoms with Gasteiger partial charge in [0.25, 0.3) is 5.91 Å². The fraction of sp³-hybridized carbons (Fsp3) is 0.818. The Labute approximate surface area is 184 Å². The van der Waals surface area contributed by atoms with E-state index < -0.39 is 41.5 Å². The first-order valence-corrected chi connectivity index (χ1v) is 10.9. The Hall–Kier alpha value is -2.32. The molecule has 9 heteroatoms. The maximum Gasteiger partial charge on any atom is 0.408 e. The highest BCUT2D eigenvalue weighted by molar-refractivity contribution is 6.11. The topological polar surface area (TPSA) is 134 Å². The van der Waals surface area contributed by atoms with Gasteiger partial charge in [-0.25, -0.2) is 9.59 Å². The largest absolute Gasteiger partial charge is 0.464 e. The Bertz CT molecular complexity index is 671. The van der Waals surface area contributed by atoms with Gasteiger partial charge in [-0.15, -0.1) is 0 Å². The summed E-state index contributed by atoms with van der Waals surface area (Å²) in [5, 5.41) is 2.17. The van der Waals surface area contributed by atoms with E-state index >= 15 is 0 Å². The van der Waals surface area contributed by atoms with E-state index in [-0.39, 0.29) is 18.6 Å². The monoisotopic (exact) mass is 442 g/mol. The van der Waals surface area contributed by atoms with Crippen LogP contribution in [0.3, 0.4) is 0 Å². The van der Waals surface area contributed by atoms with E-state index in [0.717, 1.165) is 12.8 Å². The first-order valence-electron chi connectivity index (χ1n) is 10.9. The fourth-order valence-electron chi connectivity index (χ4n) is 3.83. The number of carbonyl (C=O) groups excluding carboxylic acids is 4. The smallest absolute Gasteiger partial charge is 0.408 e. The van der Waals surface area contributed by atoms with Crippen molar-refractivity contribution in [1.29, 1.82) is 0 Å². The van der Waals surface area contributed by atoms with Crippen LogP contribution in [0.4, 0.5) is 4.79 Å². The molecule has 0 bridgehead atoms. The van der Waals surface area contributed by atoms with Gasteiger partial charge in [0.05, 0.1) is 13.0 Å². The molecule has 9 nitrogen and oxygen atoms in total. The van der Waals surface area contributed by atoms with Gasteiger partial charge in [0.2, 0.25) is 5.54 Å². The summed E-state index contributed by atoms with van der Waals surface area (Å²) in [6, 6.07) is 0. The number of amides is 2. The standard InChI is InChI=1S/C22H38N2O7/c1-8-29-19(27)22(18(23)26,24-20(28)31-21(5,6)7)12-17(25)30-16-11-14(4)9-10-15(16)13(2)3/h13-16H,8-12H2,1-7H3,(H2,23,26)(H,24,28). The molecule has 1 aliphatic carbocycles. The van der Waals surface area contributed by atoms with E-state index in [1.165, 1.54) is 6.92 Å². The maximum absolute atomic E-state index is 12.9. The molecule has 2 amide bonds. The van der Waals surface area contributed by atoms with Gasteiger partial charge < -0.3 is 19.9 Å². The summed E-state index contributed by atoms with van der Waals surface area (Å²) < 4.78 is 15.8. The number of nitrogens with two attached hydrogens (primary N) is 1. The molecule has 0 aromatic rings. The van der Waals surface area contributed by atoms with Crippen molar-refractivity contribution >= 4 is 23.9 Å². The molecular weight excluding hydrogens is 404 g/mol. The number of carbonyl (C=O) groups is 4. The van der Waals surface area contributed by atoms with Crippen LogP contribution in [-0.2, 0) is 28.6 Å². The lowest BCUT2D eigenvalue weighted by Crippen LogP contribution is -2.65. The second-order valence-electron chi connectivity index (χ2n) is 9.65. The molecule has 1 saturated carbocycles. The number of esters is 2. The molecule has 0 aromatic carbocycles. The molecule has 0 saturated heterocycles. The molecule has 0 aromatic heterocycles. The van der Waals surface area contributed by atoms with Crippen molar-refractivity contribution in [1.82, 2.24) is 5.32 Å². The van der Waals surface area contributed by atoms with Crippen LogP contribution in [0.15, 0.2) is 0 Å². The molecule has 1 rings (SSSR count). The van der Waals surface area contributed by atoms with E-state index in [9.17, 15) is 19.2 Å². The van der Waals surface area contributed by atoms with Crippen LogP contribution in [-0.4, -0.2) is 47.8 Å². The van der Waals surface area contributed by atoms with Gasteiger partial charge in [0.1, 0.15) is 11.7 Å². The van der Waals surface area contributed by atoms with Crippen molar-refractivity contribution in [2.24, 2.45) is 23.5 Å². The highest BCUT2D eigenvalue weighted by Crippen LogP contribution is 2.35. The molecular formula is C22H38N2O7. The zero-order valence-corrected chi connectivity index (χ0v) is 19.8. The van der Waals surface area contributed by atoms with Crippen LogP contribution in [0.25, 0.3) is 0 Å². The first-order chi connectivity index (χ1) is 14.2. The Morgan fingerprint density at radius 1 is 1.13 bits per heavy atom. The van der Waals surface area contributed by atoms with E-state index in [2.05, 4.69) is 26.1 Å². The number of hydrogen-bond acceptors (Lipinski definition) is 7. The quantitative estimate of drug-likeness (QED) is 0.335. The summed E-state index contributed by atoms with van der Waals surface area (Å²) in [5.41, 5.74) is 2.15. The molecule has 0 aliphatic heterocycles. The van der Waals surface area contributed by atoms with Crippen molar-refractivity contribution in [3.05, 3.63) is 0 Å². The molecule has 0 radical (unpaired) electrons.